The van der Waals surface area contributed by atoms with Crippen molar-refractivity contribution >= 4 is 11.8 Å². The lowest BCUT2D eigenvalue weighted by atomic mass is 9.97. The number of benzene rings is 2. The summed E-state index contributed by atoms with van der Waals surface area (Å²) < 4.78 is 0. The van der Waals surface area contributed by atoms with Crippen LogP contribution in [0.15, 0.2) is 54.6 Å². The summed E-state index contributed by atoms with van der Waals surface area (Å²) >= 11 is 0. The third-order valence-corrected chi connectivity index (χ3v) is 4.57. The van der Waals surface area contributed by atoms with Gasteiger partial charge in [-0.1, -0.05) is 60.2 Å². The second-order valence-electron chi connectivity index (χ2n) is 6.60. The van der Waals surface area contributed by atoms with Crippen molar-refractivity contribution in [2.24, 2.45) is 0 Å². The van der Waals surface area contributed by atoms with Crippen LogP contribution in [0.4, 0.5) is 0 Å². The van der Waals surface area contributed by atoms with Gasteiger partial charge in [-0.15, -0.1) is 0 Å². The Kier molecular flexibility index (Phi) is 5.49. The molecule has 4 heteroatoms. The minimum absolute atomic E-state index is 0.0771. The van der Waals surface area contributed by atoms with Crippen LogP contribution in [-0.2, 0) is 9.59 Å². The van der Waals surface area contributed by atoms with Gasteiger partial charge in [0, 0.05) is 13.0 Å². The minimum Gasteiger partial charge on any atom is -0.344 e. The standard InChI is InChI=1S/C21H24N2O2/c1-16-8-7-11-18(14-16)21(17-9-3-2-4-10-17)22-19(24)15-23-13-6-5-12-20(23)25/h2-4,7-11,14,21H,5-6,12-13,15H2,1H3,(H,22,24)/t21-/m0/s1. The van der Waals surface area contributed by atoms with Gasteiger partial charge in [0.15, 0.2) is 0 Å². The van der Waals surface area contributed by atoms with E-state index in [1.54, 1.807) is 4.90 Å². The van der Waals surface area contributed by atoms with Crippen LogP contribution < -0.4 is 5.32 Å². The lowest BCUT2D eigenvalue weighted by Crippen LogP contribution is -2.44. The average molecular weight is 336 g/mol. The monoisotopic (exact) mass is 336 g/mol. The summed E-state index contributed by atoms with van der Waals surface area (Å²) in [7, 11) is 0. The molecule has 1 fully saturated rings. The first-order valence-corrected chi connectivity index (χ1v) is 8.82. The Hall–Kier alpha value is -2.62. The molecule has 1 heterocycles. The Labute approximate surface area is 148 Å². The van der Waals surface area contributed by atoms with Gasteiger partial charge in [-0.25, -0.2) is 0 Å². The van der Waals surface area contributed by atoms with E-state index < -0.39 is 0 Å². The predicted octanol–water partition coefficient (Wildman–Crippen LogP) is 3.21. The van der Waals surface area contributed by atoms with Crippen LogP contribution in [0.3, 0.4) is 0 Å². The van der Waals surface area contributed by atoms with Crippen molar-refractivity contribution in [3.63, 3.8) is 0 Å². The van der Waals surface area contributed by atoms with E-state index in [9.17, 15) is 9.59 Å². The number of likely N-dealkylation sites (tertiary alicyclic amines) is 1. The smallest absolute Gasteiger partial charge is 0.240 e. The molecule has 0 spiro atoms. The first kappa shape index (κ1) is 17.2. The summed E-state index contributed by atoms with van der Waals surface area (Å²) in [4.78, 5) is 26.2. The van der Waals surface area contributed by atoms with E-state index in [0.717, 1.165) is 29.5 Å². The summed E-state index contributed by atoms with van der Waals surface area (Å²) in [5.74, 6) is -0.0428. The van der Waals surface area contributed by atoms with E-state index in [1.807, 2.05) is 55.5 Å². The predicted molar refractivity (Wildman–Crippen MR) is 98.0 cm³/mol. The topological polar surface area (TPSA) is 49.4 Å². The zero-order valence-corrected chi connectivity index (χ0v) is 14.6. The van der Waals surface area contributed by atoms with Gasteiger partial charge < -0.3 is 10.2 Å². The number of carbonyl (C=O) groups is 2. The number of amides is 2. The van der Waals surface area contributed by atoms with E-state index in [0.29, 0.717) is 13.0 Å². The molecule has 0 saturated carbocycles. The number of aryl methyl sites for hydroxylation is 1. The maximum atomic E-state index is 12.6. The molecule has 0 bridgehead atoms. The molecule has 25 heavy (non-hydrogen) atoms. The van der Waals surface area contributed by atoms with Crippen LogP contribution in [0.1, 0.15) is 42.0 Å². The highest BCUT2D eigenvalue weighted by Gasteiger charge is 2.23. The summed E-state index contributed by atoms with van der Waals surface area (Å²) in [6.45, 7) is 2.85. The third-order valence-electron chi connectivity index (χ3n) is 4.57. The maximum absolute atomic E-state index is 12.6. The summed E-state index contributed by atoms with van der Waals surface area (Å²) in [5.41, 5.74) is 3.23. The molecule has 1 aliphatic rings. The normalized spacial score (nSPS) is 15.7. The molecule has 1 aliphatic heterocycles. The van der Waals surface area contributed by atoms with Crippen molar-refractivity contribution < 1.29 is 9.59 Å². The Morgan fingerprint density at radius 1 is 1.08 bits per heavy atom. The molecule has 3 rings (SSSR count). The fraction of sp³-hybridized carbons (Fsp3) is 0.333. The zero-order valence-electron chi connectivity index (χ0n) is 14.6. The molecule has 1 saturated heterocycles. The Bertz CT molecular complexity index is 743. The van der Waals surface area contributed by atoms with Gasteiger partial charge in [-0.3, -0.25) is 9.59 Å². The SMILES string of the molecule is Cc1cccc([C@@H](NC(=O)CN2CCCCC2=O)c2ccccc2)c1. The van der Waals surface area contributed by atoms with Crippen LogP contribution in [-0.4, -0.2) is 29.8 Å². The fourth-order valence-electron chi connectivity index (χ4n) is 3.26. The van der Waals surface area contributed by atoms with Gasteiger partial charge in [0.25, 0.3) is 0 Å². The minimum atomic E-state index is -0.214. The van der Waals surface area contributed by atoms with Crippen LogP contribution in [0, 0.1) is 6.92 Å². The number of nitrogens with one attached hydrogen (secondary N) is 1. The quantitative estimate of drug-likeness (QED) is 0.911. The van der Waals surface area contributed by atoms with Crippen LogP contribution in [0.2, 0.25) is 0 Å². The molecule has 1 N–H and O–H groups in total. The molecule has 4 nitrogen and oxygen atoms in total. The highest BCUT2D eigenvalue weighted by atomic mass is 16.2. The Morgan fingerprint density at radius 2 is 1.84 bits per heavy atom. The van der Waals surface area contributed by atoms with Crippen molar-refractivity contribution in [3.8, 4) is 0 Å². The fourth-order valence-corrected chi connectivity index (χ4v) is 3.26. The number of hydrogen-bond acceptors (Lipinski definition) is 2. The number of piperidine rings is 1. The Morgan fingerprint density at radius 3 is 2.56 bits per heavy atom. The van der Waals surface area contributed by atoms with Crippen molar-refractivity contribution in [2.45, 2.75) is 32.2 Å². The molecule has 2 aromatic carbocycles. The highest BCUT2D eigenvalue weighted by molar-refractivity contribution is 5.85. The lowest BCUT2D eigenvalue weighted by Gasteiger charge is -2.27. The molecule has 2 amide bonds. The first-order valence-electron chi connectivity index (χ1n) is 8.82. The summed E-state index contributed by atoms with van der Waals surface area (Å²) in [6.07, 6.45) is 2.44. The summed E-state index contributed by atoms with van der Waals surface area (Å²) in [5, 5.41) is 3.11. The second kappa shape index (κ2) is 7.97. The van der Waals surface area contributed by atoms with Gasteiger partial charge in [0.2, 0.25) is 11.8 Å². The Balaban J connectivity index is 1.78. The molecular formula is C21H24N2O2. The largest absolute Gasteiger partial charge is 0.344 e. The molecular weight excluding hydrogens is 312 g/mol. The van der Waals surface area contributed by atoms with Gasteiger partial charge in [0.05, 0.1) is 12.6 Å². The van der Waals surface area contributed by atoms with Gasteiger partial charge >= 0.3 is 0 Å². The van der Waals surface area contributed by atoms with Gasteiger partial charge in [0.1, 0.15) is 0 Å². The maximum Gasteiger partial charge on any atom is 0.240 e. The summed E-state index contributed by atoms with van der Waals surface area (Å²) in [6, 6.07) is 17.9. The third kappa shape index (κ3) is 4.47. The van der Waals surface area contributed by atoms with Crippen molar-refractivity contribution in [1.29, 1.82) is 0 Å². The van der Waals surface area contributed by atoms with E-state index in [2.05, 4.69) is 11.4 Å². The molecule has 130 valence electrons. The molecule has 0 radical (unpaired) electrons. The molecule has 0 aliphatic carbocycles. The van der Waals surface area contributed by atoms with E-state index >= 15 is 0 Å². The van der Waals surface area contributed by atoms with E-state index in [-0.39, 0.29) is 24.4 Å². The van der Waals surface area contributed by atoms with Crippen LogP contribution in [0.25, 0.3) is 0 Å². The molecule has 0 aromatic heterocycles. The number of nitrogens with zero attached hydrogens (tertiary/aromatic N) is 1. The number of hydrogen-bond donors (Lipinski definition) is 1. The molecule has 2 aromatic rings. The van der Waals surface area contributed by atoms with E-state index in [4.69, 9.17) is 0 Å². The zero-order chi connectivity index (χ0) is 17.6. The van der Waals surface area contributed by atoms with Crippen LogP contribution in [0.5, 0.6) is 0 Å². The van der Waals surface area contributed by atoms with Crippen LogP contribution >= 0.6 is 0 Å². The lowest BCUT2D eigenvalue weighted by molar-refractivity contribution is -0.137. The number of carbonyl (C=O) groups excluding carboxylic acids is 2. The average Bonchev–Trinajstić information content (AvgIpc) is 2.62. The molecule has 0 unspecified atom stereocenters. The second-order valence-corrected chi connectivity index (χ2v) is 6.60. The van der Waals surface area contributed by atoms with Crippen molar-refractivity contribution in [2.75, 3.05) is 13.1 Å². The van der Waals surface area contributed by atoms with E-state index in [1.165, 1.54) is 0 Å². The molecule has 1 atom stereocenters. The van der Waals surface area contributed by atoms with Gasteiger partial charge in [-0.2, -0.15) is 0 Å². The van der Waals surface area contributed by atoms with Crippen molar-refractivity contribution in [1.82, 2.24) is 10.2 Å². The highest BCUT2D eigenvalue weighted by Crippen LogP contribution is 2.23. The number of rotatable bonds is 5. The van der Waals surface area contributed by atoms with Crippen molar-refractivity contribution in [3.05, 3.63) is 71.3 Å². The van der Waals surface area contributed by atoms with Gasteiger partial charge in [-0.05, 0) is 30.9 Å². The first-order chi connectivity index (χ1) is 12.1.